The van der Waals surface area contributed by atoms with E-state index in [1.165, 1.54) is 0 Å². The van der Waals surface area contributed by atoms with Crippen molar-refractivity contribution < 1.29 is 0 Å². The molecule has 0 fully saturated rings. The van der Waals surface area contributed by atoms with E-state index >= 15 is 0 Å². The average molecular weight is 218 g/mol. The lowest BCUT2D eigenvalue weighted by molar-refractivity contribution is 1.32. The molecule has 0 atom stereocenters. The monoisotopic (exact) mass is 218 g/mol. The summed E-state index contributed by atoms with van der Waals surface area (Å²) in [6.07, 6.45) is 3.56. The van der Waals surface area contributed by atoms with Crippen LogP contribution < -0.4 is 0 Å². The second-order valence-corrected chi connectivity index (χ2v) is 3.74. The fourth-order valence-electron chi connectivity index (χ4n) is 1.77. The third kappa shape index (κ3) is 1.66. The lowest BCUT2D eigenvalue weighted by atomic mass is 10.1. The number of fused-ring (bicyclic) bond motifs is 1. The number of H-pyrrole nitrogens is 1. The van der Waals surface area contributed by atoms with Crippen LogP contribution in [0.1, 0.15) is 5.56 Å². The van der Waals surface area contributed by atoms with Crippen molar-refractivity contribution in [2.24, 2.45) is 0 Å². The summed E-state index contributed by atoms with van der Waals surface area (Å²) in [7, 11) is 0. The molecule has 2 aromatic heterocycles. The summed E-state index contributed by atoms with van der Waals surface area (Å²) in [4.78, 5) is 7.32. The third-order valence-electron chi connectivity index (χ3n) is 2.67. The maximum atomic E-state index is 8.74. The largest absolute Gasteiger partial charge is 0.346 e. The lowest BCUT2D eigenvalue weighted by Crippen LogP contribution is -1.82. The minimum absolute atomic E-state index is 0.663. The van der Waals surface area contributed by atoms with Crippen LogP contribution in [0.5, 0.6) is 0 Å². The Morgan fingerprint density at radius 2 is 2.00 bits per heavy atom. The van der Waals surface area contributed by atoms with Gasteiger partial charge in [0.2, 0.25) is 0 Å². The Hall–Kier alpha value is -2.60. The Balaban J connectivity index is 2.10. The molecule has 1 aromatic carbocycles. The average Bonchev–Trinajstić information content (AvgIpc) is 2.86. The first-order valence-corrected chi connectivity index (χ1v) is 5.22. The number of pyridine rings is 1. The van der Waals surface area contributed by atoms with Crippen LogP contribution in [0.15, 0.2) is 42.7 Å². The molecular weight excluding hydrogens is 210 g/mol. The number of aromatic nitrogens is 2. The molecule has 0 aliphatic rings. The maximum absolute atomic E-state index is 8.74. The van der Waals surface area contributed by atoms with Crippen molar-refractivity contribution in [3.63, 3.8) is 0 Å². The molecule has 0 bridgehead atoms. The highest BCUT2D eigenvalue weighted by Gasteiger charge is 2.01. The molecule has 0 saturated carbocycles. The van der Waals surface area contributed by atoms with E-state index in [2.05, 4.69) is 22.1 Å². The Morgan fingerprint density at radius 1 is 1.18 bits per heavy atom. The molecule has 3 heteroatoms. The summed E-state index contributed by atoms with van der Waals surface area (Å²) >= 11 is 0. The summed E-state index contributed by atoms with van der Waals surface area (Å²) in [5.74, 6) is 0. The molecule has 2 heterocycles. The van der Waals surface area contributed by atoms with Gasteiger partial charge in [-0.2, -0.15) is 5.26 Å². The van der Waals surface area contributed by atoms with E-state index in [0.29, 0.717) is 5.56 Å². The Labute approximate surface area is 98.4 Å². The summed E-state index contributed by atoms with van der Waals surface area (Å²) in [6.45, 7) is 0. The first kappa shape index (κ1) is 9.61. The van der Waals surface area contributed by atoms with Crippen LogP contribution in [0.3, 0.4) is 0 Å². The zero-order chi connectivity index (χ0) is 11.7. The van der Waals surface area contributed by atoms with Crippen LogP contribution in [0.2, 0.25) is 0 Å². The third-order valence-corrected chi connectivity index (χ3v) is 2.67. The molecule has 0 spiro atoms. The van der Waals surface area contributed by atoms with Crippen molar-refractivity contribution in [1.29, 1.82) is 5.26 Å². The van der Waals surface area contributed by atoms with Gasteiger partial charge >= 0.3 is 0 Å². The van der Waals surface area contributed by atoms with E-state index < -0.39 is 0 Å². The highest BCUT2D eigenvalue weighted by molar-refractivity contribution is 5.80. The number of nitrogens with one attached hydrogen (secondary N) is 1. The zero-order valence-corrected chi connectivity index (χ0v) is 8.94. The maximum Gasteiger partial charge on any atom is 0.137 e. The molecule has 17 heavy (non-hydrogen) atoms. The number of nitrogens with zero attached hydrogens (tertiary/aromatic N) is 2. The van der Waals surface area contributed by atoms with Crippen molar-refractivity contribution in [3.05, 3.63) is 54.4 Å². The van der Waals surface area contributed by atoms with Gasteiger partial charge in [-0.3, -0.25) is 0 Å². The van der Waals surface area contributed by atoms with Gasteiger partial charge in [-0.25, -0.2) is 4.98 Å². The van der Waals surface area contributed by atoms with Gasteiger partial charge in [0.05, 0.1) is 11.6 Å². The Morgan fingerprint density at radius 3 is 2.76 bits per heavy atom. The summed E-state index contributed by atoms with van der Waals surface area (Å²) in [5.41, 5.74) is 3.57. The number of nitriles is 1. The number of hydrogen-bond donors (Lipinski definition) is 1. The predicted octanol–water partition coefficient (Wildman–Crippen LogP) is 2.90. The molecule has 79 valence electrons. The van der Waals surface area contributed by atoms with Crippen molar-refractivity contribution >= 4 is 11.0 Å². The quantitative estimate of drug-likeness (QED) is 0.682. The van der Waals surface area contributed by atoms with Gasteiger partial charge in [-0.15, -0.1) is 0 Å². The van der Waals surface area contributed by atoms with Crippen LogP contribution in [0.25, 0.3) is 22.2 Å². The van der Waals surface area contributed by atoms with E-state index in [4.69, 9.17) is 5.26 Å². The molecule has 3 aromatic rings. The van der Waals surface area contributed by atoms with Crippen molar-refractivity contribution in [3.8, 4) is 17.2 Å². The fourth-order valence-corrected chi connectivity index (χ4v) is 1.77. The van der Waals surface area contributed by atoms with Gasteiger partial charge in [0.1, 0.15) is 5.65 Å². The van der Waals surface area contributed by atoms with E-state index in [-0.39, 0.29) is 0 Å². The zero-order valence-electron chi connectivity index (χ0n) is 8.94. The standard InChI is InChI=1S/C14H8N3/c15-8-10-1-3-11(4-2-10)13-7-12-5-6-16-14(12)17-9-13/h1-4,6-7,9H,(H,16,17). The lowest BCUT2D eigenvalue weighted by Gasteiger charge is -2.01. The smallest absolute Gasteiger partial charge is 0.137 e. The number of aromatic amines is 1. The van der Waals surface area contributed by atoms with Crippen LogP contribution in [0, 0.1) is 17.4 Å². The fraction of sp³-hybridized carbons (Fsp3) is 0. The second-order valence-electron chi connectivity index (χ2n) is 3.74. The van der Waals surface area contributed by atoms with E-state index in [1.54, 1.807) is 18.3 Å². The Kier molecular flexibility index (Phi) is 2.13. The SMILES string of the molecule is N#Cc1ccc(-c2cnc3[nH]c[c]c3c2)cc1. The number of rotatable bonds is 1. The van der Waals surface area contributed by atoms with Gasteiger partial charge in [-0.05, 0) is 23.8 Å². The molecule has 0 unspecified atom stereocenters. The number of benzene rings is 1. The minimum atomic E-state index is 0.663. The van der Waals surface area contributed by atoms with E-state index in [0.717, 1.165) is 22.2 Å². The Bertz CT molecular complexity index is 702. The van der Waals surface area contributed by atoms with Gasteiger partial charge in [0.25, 0.3) is 0 Å². The minimum Gasteiger partial charge on any atom is -0.346 e. The molecule has 1 N–H and O–H groups in total. The molecule has 3 rings (SSSR count). The van der Waals surface area contributed by atoms with Crippen LogP contribution >= 0.6 is 0 Å². The van der Waals surface area contributed by atoms with Crippen molar-refractivity contribution in [2.45, 2.75) is 0 Å². The molecule has 0 aliphatic heterocycles. The van der Waals surface area contributed by atoms with Crippen LogP contribution in [-0.2, 0) is 0 Å². The molecular formula is C14H8N3. The van der Waals surface area contributed by atoms with Gasteiger partial charge in [0, 0.05) is 29.4 Å². The predicted molar refractivity (Wildman–Crippen MR) is 65.1 cm³/mol. The molecule has 3 nitrogen and oxygen atoms in total. The first-order valence-electron chi connectivity index (χ1n) is 5.22. The van der Waals surface area contributed by atoms with Gasteiger partial charge < -0.3 is 4.98 Å². The van der Waals surface area contributed by atoms with Crippen molar-refractivity contribution in [2.75, 3.05) is 0 Å². The van der Waals surface area contributed by atoms with E-state index in [9.17, 15) is 0 Å². The van der Waals surface area contributed by atoms with Crippen molar-refractivity contribution in [1.82, 2.24) is 9.97 Å². The normalized spacial score (nSPS) is 10.3. The van der Waals surface area contributed by atoms with E-state index in [1.807, 2.05) is 24.4 Å². The van der Waals surface area contributed by atoms with Crippen LogP contribution in [0.4, 0.5) is 0 Å². The molecule has 0 saturated heterocycles. The molecule has 0 aliphatic carbocycles. The first-order chi connectivity index (χ1) is 8.36. The van der Waals surface area contributed by atoms with Gasteiger partial charge in [-0.1, -0.05) is 12.1 Å². The highest BCUT2D eigenvalue weighted by atomic mass is 14.8. The second kappa shape index (κ2) is 3.76. The van der Waals surface area contributed by atoms with Crippen LogP contribution in [-0.4, -0.2) is 9.97 Å². The van der Waals surface area contributed by atoms with Gasteiger partial charge in [0.15, 0.2) is 0 Å². The molecule has 0 amide bonds. The topological polar surface area (TPSA) is 52.5 Å². The highest BCUT2D eigenvalue weighted by Crippen LogP contribution is 2.22. The summed E-state index contributed by atoms with van der Waals surface area (Å²) in [5, 5.41) is 9.71. The summed E-state index contributed by atoms with van der Waals surface area (Å²) in [6, 6.07) is 14.7. The summed E-state index contributed by atoms with van der Waals surface area (Å²) < 4.78 is 0. The number of hydrogen-bond acceptors (Lipinski definition) is 2. The molecule has 1 radical (unpaired) electrons.